The average molecular weight is 368 g/mol. The zero-order chi connectivity index (χ0) is 18.2. The van der Waals surface area contributed by atoms with Gasteiger partial charge >= 0.3 is 5.97 Å². The maximum absolute atomic E-state index is 13.7. The molecule has 0 aliphatic carbocycles. The van der Waals surface area contributed by atoms with E-state index in [1.54, 1.807) is 30.3 Å². The van der Waals surface area contributed by atoms with Crippen molar-refractivity contribution in [1.29, 1.82) is 0 Å². The molecule has 2 N–H and O–H groups in total. The second-order valence-corrected chi connectivity index (χ2v) is 5.61. The Balaban J connectivity index is 2.15. The molecule has 0 saturated carbocycles. The van der Waals surface area contributed by atoms with Crippen molar-refractivity contribution in [3.05, 3.63) is 58.4 Å². The monoisotopic (exact) mass is 367 g/mol. The minimum atomic E-state index is -0.953. The Hall–Kier alpha value is -2.31. The number of hydrogen-bond donors (Lipinski definition) is 2. The van der Waals surface area contributed by atoms with Gasteiger partial charge in [-0.25, -0.2) is 4.39 Å². The molecule has 0 spiro atoms. The summed E-state index contributed by atoms with van der Waals surface area (Å²) in [6, 6.07) is 9.63. The summed E-state index contributed by atoms with van der Waals surface area (Å²) in [5, 5.41) is 11.8. The maximum Gasteiger partial charge on any atom is 0.317 e. The smallest absolute Gasteiger partial charge is 0.317 e. The Bertz CT molecular complexity index is 739. The zero-order valence-corrected chi connectivity index (χ0v) is 14.5. The van der Waals surface area contributed by atoms with Crippen LogP contribution in [0.3, 0.4) is 0 Å². The molecule has 7 heteroatoms. The molecule has 0 bridgehead atoms. The van der Waals surface area contributed by atoms with E-state index in [2.05, 4.69) is 5.32 Å². The van der Waals surface area contributed by atoms with Gasteiger partial charge in [-0.15, -0.1) is 0 Å². The number of carboxylic acid groups (broad SMARTS) is 1. The lowest BCUT2D eigenvalue weighted by molar-refractivity contribution is -0.135. The lowest BCUT2D eigenvalue weighted by Crippen LogP contribution is -2.22. The normalized spacial score (nSPS) is 10.5. The van der Waals surface area contributed by atoms with Crippen LogP contribution in [0.5, 0.6) is 11.5 Å². The summed E-state index contributed by atoms with van der Waals surface area (Å²) in [6.07, 6.45) is 0. The van der Waals surface area contributed by atoms with E-state index in [1.165, 1.54) is 6.07 Å². The number of ether oxygens (including phenoxy) is 2. The molecule has 0 heterocycles. The topological polar surface area (TPSA) is 67.8 Å². The van der Waals surface area contributed by atoms with Gasteiger partial charge in [-0.05, 0) is 24.6 Å². The molecule has 2 aromatic rings. The van der Waals surface area contributed by atoms with Crippen molar-refractivity contribution in [2.24, 2.45) is 0 Å². The zero-order valence-electron chi connectivity index (χ0n) is 13.7. The Morgan fingerprint density at radius 3 is 2.60 bits per heavy atom. The lowest BCUT2D eigenvalue weighted by Gasteiger charge is -2.15. The summed E-state index contributed by atoms with van der Waals surface area (Å²) in [7, 11) is 0. The van der Waals surface area contributed by atoms with Gasteiger partial charge in [0.05, 0.1) is 13.2 Å². The fourth-order valence-electron chi connectivity index (χ4n) is 2.17. The predicted molar refractivity (Wildman–Crippen MR) is 92.7 cm³/mol. The second-order valence-electron chi connectivity index (χ2n) is 5.20. The maximum atomic E-state index is 13.7. The van der Waals surface area contributed by atoms with Crippen molar-refractivity contribution >= 4 is 17.6 Å². The van der Waals surface area contributed by atoms with Gasteiger partial charge in [-0.3, -0.25) is 4.79 Å². The van der Waals surface area contributed by atoms with Gasteiger partial charge in [-0.1, -0.05) is 29.8 Å². The van der Waals surface area contributed by atoms with Crippen molar-refractivity contribution in [2.75, 3.05) is 13.2 Å². The molecule has 2 aromatic carbocycles. The van der Waals surface area contributed by atoms with Crippen LogP contribution in [0.25, 0.3) is 0 Å². The van der Waals surface area contributed by atoms with Crippen molar-refractivity contribution in [1.82, 2.24) is 5.32 Å². The van der Waals surface area contributed by atoms with Crippen molar-refractivity contribution in [3.8, 4) is 11.5 Å². The van der Waals surface area contributed by atoms with E-state index >= 15 is 0 Å². The number of carboxylic acids is 1. The largest absolute Gasteiger partial charge is 0.490 e. The van der Waals surface area contributed by atoms with Crippen LogP contribution in [0.2, 0.25) is 5.02 Å². The van der Waals surface area contributed by atoms with E-state index in [9.17, 15) is 9.18 Å². The molecule has 0 amide bonds. The lowest BCUT2D eigenvalue weighted by atomic mass is 10.2. The van der Waals surface area contributed by atoms with Crippen molar-refractivity contribution in [2.45, 2.75) is 20.1 Å². The molecular weight excluding hydrogens is 349 g/mol. The van der Waals surface area contributed by atoms with Gasteiger partial charge in [0.2, 0.25) is 0 Å². The number of halogens is 2. The summed E-state index contributed by atoms with van der Waals surface area (Å²) in [5.74, 6) is -0.431. The van der Waals surface area contributed by atoms with E-state index in [-0.39, 0.29) is 25.5 Å². The van der Waals surface area contributed by atoms with Crippen LogP contribution in [0, 0.1) is 5.82 Å². The Morgan fingerprint density at radius 2 is 1.92 bits per heavy atom. The Kier molecular flexibility index (Phi) is 7.03. The van der Waals surface area contributed by atoms with Crippen LogP contribution in [-0.4, -0.2) is 24.2 Å². The van der Waals surface area contributed by atoms with Gasteiger partial charge in [-0.2, -0.15) is 0 Å². The third-order valence-electron chi connectivity index (χ3n) is 3.35. The average Bonchev–Trinajstić information content (AvgIpc) is 2.57. The van der Waals surface area contributed by atoms with E-state index in [0.29, 0.717) is 34.3 Å². The van der Waals surface area contributed by atoms with Crippen LogP contribution in [0.1, 0.15) is 18.1 Å². The highest BCUT2D eigenvalue weighted by atomic mass is 35.5. The highest BCUT2D eigenvalue weighted by molar-refractivity contribution is 6.31. The number of benzene rings is 2. The fourth-order valence-corrected chi connectivity index (χ4v) is 2.39. The van der Waals surface area contributed by atoms with Crippen LogP contribution in [-0.2, 0) is 17.9 Å². The van der Waals surface area contributed by atoms with Gasteiger partial charge in [0.1, 0.15) is 12.4 Å². The highest BCUT2D eigenvalue weighted by Gasteiger charge is 2.12. The number of nitrogens with one attached hydrogen (secondary N) is 1. The van der Waals surface area contributed by atoms with E-state index in [1.807, 2.05) is 6.92 Å². The minimum Gasteiger partial charge on any atom is -0.490 e. The standard InChI is InChI=1S/C18H19ClFNO4/c1-2-24-16-7-13(9-21-10-18(22)23)14(19)8-17(16)25-11-12-5-3-4-6-15(12)20/h3-8,21H,2,9-11H2,1H3,(H,22,23). The molecule has 0 radical (unpaired) electrons. The van der Waals surface area contributed by atoms with Crippen LogP contribution >= 0.6 is 11.6 Å². The number of aliphatic carboxylic acids is 1. The molecule has 0 atom stereocenters. The van der Waals surface area contributed by atoms with E-state index in [4.69, 9.17) is 26.2 Å². The first kappa shape index (κ1) is 19.0. The van der Waals surface area contributed by atoms with Crippen LogP contribution < -0.4 is 14.8 Å². The fraction of sp³-hybridized carbons (Fsp3) is 0.278. The predicted octanol–water partition coefficient (Wildman–Crippen LogP) is 3.63. The van der Waals surface area contributed by atoms with Crippen LogP contribution in [0.15, 0.2) is 36.4 Å². The first-order valence-corrected chi connectivity index (χ1v) is 8.13. The molecule has 134 valence electrons. The first-order chi connectivity index (χ1) is 12.0. The van der Waals surface area contributed by atoms with Gasteiger partial charge in [0.25, 0.3) is 0 Å². The second kappa shape index (κ2) is 9.25. The van der Waals surface area contributed by atoms with Crippen molar-refractivity contribution < 1.29 is 23.8 Å². The quantitative estimate of drug-likeness (QED) is 0.708. The van der Waals surface area contributed by atoms with Crippen LogP contribution in [0.4, 0.5) is 4.39 Å². The Labute approximate surface area is 150 Å². The molecule has 0 fully saturated rings. The number of carbonyl (C=O) groups is 1. The van der Waals surface area contributed by atoms with Gasteiger partial charge in [0, 0.05) is 23.2 Å². The summed E-state index contributed by atoms with van der Waals surface area (Å²) in [5.41, 5.74) is 1.11. The SMILES string of the molecule is CCOc1cc(CNCC(=O)O)c(Cl)cc1OCc1ccccc1F. The summed E-state index contributed by atoms with van der Waals surface area (Å²) in [6.45, 7) is 2.39. The minimum absolute atomic E-state index is 0.0414. The van der Waals surface area contributed by atoms with E-state index < -0.39 is 5.97 Å². The molecule has 5 nitrogen and oxygen atoms in total. The highest BCUT2D eigenvalue weighted by Crippen LogP contribution is 2.34. The molecule has 0 unspecified atom stereocenters. The molecule has 0 aliphatic heterocycles. The number of hydrogen-bond acceptors (Lipinski definition) is 4. The molecule has 0 saturated heterocycles. The molecule has 0 aromatic heterocycles. The van der Waals surface area contributed by atoms with E-state index in [0.717, 1.165) is 0 Å². The van der Waals surface area contributed by atoms with Gasteiger partial charge in [0.15, 0.2) is 11.5 Å². The first-order valence-electron chi connectivity index (χ1n) is 7.75. The summed E-state index contributed by atoms with van der Waals surface area (Å²) in [4.78, 5) is 10.6. The Morgan fingerprint density at radius 1 is 1.20 bits per heavy atom. The molecule has 0 aliphatic rings. The third-order valence-corrected chi connectivity index (χ3v) is 3.70. The van der Waals surface area contributed by atoms with Gasteiger partial charge < -0.3 is 19.9 Å². The summed E-state index contributed by atoms with van der Waals surface area (Å²) >= 11 is 6.23. The third kappa shape index (κ3) is 5.62. The molecular formula is C18H19ClFNO4. The van der Waals surface area contributed by atoms with Crippen molar-refractivity contribution in [3.63, 3.8) is 0 Å². The summed E-state index contributed by atoms with van der Waals surface area (Å²) < 4.78 is 24.9. The molecule has 25 heavy (non-hydrogen) atoms. The number of rotatable bonds is 9. The molecule has 2 rings (SSSR count).